The molecule has 1 aliphatic carbocycles. The lowest BCUT2D eigenvalue weighted by molar-refractivity contribution is -0.139. The fourth-order valence-corrected chi connectivity index (χ4v) is 2.86. The Bertz CT molecular complexity index is 843. The van der Waals surface area contributed by atoms with Crippen LogP contribution in [0.15, 0.2) is 30.5 Å². The summed E-state index contributed by atoms with van der Waals surface area (Å²) in [5.74, 6) is -1.62. The molecular formula is C16H15F3N4O3. The largest absolute Gasteiger partial charge is 0.481 e. The summed E-state index contributed by atoms with van der Waals surface area (Å²) in [7, 11) is 0. The maximum atomic E-state index is 12.8. The lowest BCUT2D eigenvalue weighted by atomic mass is 9.74. The van der Waals surface area contributed by atoms with E-state index in [2.05, 4.69) is 15.6 Å². The summed E-state index contributed by atoms with van der Waals surface area (Å²) in [5, 5.41) is 19.0. The minimum Gasteiger partial charge on any atom is -0.481 e. The lowest BCUT2D eigenvalue weighted by Crippen LogP contribution is -2.54. The molecule has 1 saturated carbocycles. The van der Waals surface area contributed by atoms with E-state index in [-0.39, 0.29) is 17.8 Å². The number of carbonyl (C=O) groups excluding carboxylic acids is 1. The van der Waals surface area contributed by atoms with Gasteiger partial charge in [0.2, 0.25) is 0 Å². The first-order valence-corrected chi connectivity index (χ1v) is 7.83. The third kappa shape index (κ3) is 3.68. The van der Waals surface area contributed by atoms with Crippen molar-refractivity contribution in [3.8, 4) is 5.69 Å². The van der Waals surface area contributed by atoms with Gasteiger partial charge in [-0.3, -0.25) is 9.59 Å². The second kappa shape index (κ2) is 6.43. The number of hydrogen-bond donors (Lipinski definition) is 2. The standard InChI is InChI=1S/C16H15F3N4O3/c17-16(18,19)10-3-1-4-11(7-10)23-9-12(21-22-23)14(26)20-15(5-2-6-15)8-13(24)25/h1,3-4,7,9H,2,5-6,8H2,(H,20,26)(H,24,25). The third-order valence-electron chi connectivity index (χ3n) is 4.34. The number of nitrogens with zero attached hydrogens (tertiary/aromatic N) is 3. The molecule has 0 radical (unpaired) electrons. The number of alkyl halides is 3. The number of carboxylic acids is 1. The molecule has 0 spiro atoms. The van der Waals surface area contributed by atoms with Gasteiger partial charge in [0, 0.05) is 0 Å². The van der Waals surface area contributed by atoms with E-state index in [1.807, 2.05) is 0 Å². The summed E-state index contributed by atoms with van der Waals surface area (Å²) in [6, 6.07) is 4.47. The summed E-state index contributed by atoms with van der Waals surface area (Å²) in [6.07, 6.45) is -1.58. The fourth-order valence-electron chi connectivity index (χ4n) is 2.86. The Morgan fingerprint density at radius 3 is 2.62 bits per heavy atom. The van der Waals surface area contributed by atoms with Crippen molar-refractivity contribution in [2.45, 2.75) is 37.4 Å². The first-order valence-electron chi connectivity index (χ1n) is 7.83. The van der Waals surface area contributed by atoms with Crippen molar-refractivity contribution in [2.75, 3.05) is 0 Å². The van der Waals surface area contributed by atoms with Gasteiger partial charge in [-0.15, -0.1) is 5.10 Å². The lowest BCUT2D eigenvalue weighted by Gasteiger charge is -2.41. The van der Waals surface area contributed by atoms with Crippen LogP contribution in [0.3, 0.4) is 0 Å². The van der Waals surface area contributed by atoms with Crippen molar-refractivity contribution < 1.29 is 27.9 Å². The molecule has 0 bridgehead atoms. The van der Waals surface area contributed by atoms with Crippen LogP contribution in [0, 0.1) is 0 Å². The molecule has 1 heterocycles. The van der Waals surface area contributed by atoms with Crippen molar-refractivity contribution in [1.29, 1.82) is 0 Å². The summed E-state index contributed by atoms with van der Waals surface area (Å²) < 4.78 is 39.4. The minimum atomic E-state index is -4.50. The molecule has 0 atom stereocenters. The summed E-state index contributed by atoms with van der Waals surface area (Å²) in [4.78, 5) is 23.3. The molecule has 2 N–H and O–H groups in total. The first-order chi connectivity index (χ1) is 12.2. The normalized spacial score (nSPS) is 16.0. The Morgan fingerprint density at radius 1 is 1.31 bits per heavy atom. The van der Waals surface area contributed by atoms with E-state index in [9.17, 15) is 22.8 Å². The van der Waals surface area contributed by atoms with Gasteiger partial charge in [-0.25, -0.2) is 4.68 Å². The summed E-state index contributed by atoms with van der Waals surface area (Å²) in [5.41, 5.74) is -1.64. The van der Waals surface area contributed by atoms with Crippen LogP contribution in [0.25, 0.3) is 5.69 Å². The quantitative estimate of drug-likeness (QED) is 0.845. The Hall–Kier alpha value is -2.91. The SMILES string of the molecule is O=C(O)CC1(NC(=O)c2cn(-c3cccc(C(F)(F)F)c3)nn2)CCC1. The van der Waals surface area contributed by atoms with E-state index in [4.69, 9.17) is 5.11 Å². The van der Waals surface area contributed by atoms with Gasteiger partial charge >= 0.3 is 12.1 Å². The highest BCUT2D eigenvalue weighted by Gasteiger charge is 2.41. The molecular weight excluding hydrogens is 353 g/mol. The van der Waals surface area contributed by atoms with Crippen molar-refractivity contribution in [1.82, 2.24) is 20.3 Å². The maximum absolute atomic E-state index is 12.8. The minimum absolute atomic E-state index is 0.0981. The fraction of sp³-hybridized carbons (Fsp3) is 0.375. The number of amides is 1. The van der Waals surface area contributed by atoms with Gasteiger partial charge in [0.05, 0.1) is 29.4 Å². The number of carboxylic acid groups (broad SMARTS) is 1. The number of halogens is 3. The van der Waals surface area contributed by atoms with Crippen LogP contribution in [-0.2, 0) is 11.0 Å². The van der Waals surface area contributed by atoms with Crippen LogP contribution >= 0.6 is 0 Å². The average molecular weight is 368 g/mol. The summed E-state index contributed by atoms with van der Waals surface area (Å²) >= 11 is 0. The van der Waals surface area contributed by atoms with E-state index in [1.165, 1.54) is 18.3 Å². The Labute approximate surface area is 145 Å². The Morgan fingerprint density at radius 2 is 2.04 bits per heavy atom. The van der Waals surface area contributed by atoms with Gasteiger partial charge in [-0.2, -0.15) is 13.2 Å². The van der Waals surface area contributed by atoms with Gasteiger partial charge < -0.3 is 10.4 Å². The molecule has 1 fully saturated rings. The molecule has 0 aliphatic heterocycles. The zero-order valence-electron chi connectivity index (χ0n) is 13.5. The van der Waals surface area contributed by atoms with E-state index in [1.54, 1.807) is 0 Å². The van der Waals surface area contributed by atoms with Crippen LogP contribution in [0.1, 0.15) is 41.7 Å². The predicted molar refractivity (Wildman–Crippen MR) is 82.7 cm³/mol. The van der Waals surface area contributed by atoms with Crippen LogP contribution in [-0.4, -0.2) is 37.5 Å². The van der Waals surface area contributed by atoms with Gasteiger partial charge in [0.25, 0.3) is 5.91 Å². The number of hydrogen-bond acceptors (Lipinski definition) is 4. The van der Waals surface area contributed by atoms with E-state index < -0.39 is 29.2 Å². The van der Waals surface area contributed by atoms with Crippen molar-refractivity contribution >= 4 is 11.9 Å². The highest BCUT2D eigenvalue weighted by Crippen LogP contribution is 2.35. The average Bonchev–Trinajstić information content (AvgIpc) is 3.01. The number of aliphatic carboxylic acids is 1. The molecule has 0 saturated heterocycles. The van der Waals surface area contributed by atoms with Crippen LogP contribution in [0.2, 0.25) is 0 Å². The molecule has 138 valence electrons. The van der Waals surface area contributed by atoms with Gasteiger partial charge in [-0.1, -0.05) is 11.3 Å². The third-order valence-corrected chi connectivity index (χ3v) is 4.34. The molecule has 7 nitrogen and oxygen atoms in total. The molecule has 1 aliphatic rings. The van der Waals surface area contributed by atoms with Crippen LogP contribution in [0.5, 0.6) is 0 Å². The number of nitrogens with one attached hydrogen (secondary N) is 1. The first kappa shape index (κ1) is 17.9. The van der Waals surface area contributed by atoms with Crippen molar-refractivity contribution in [3.05, 3.63) is 41.7 Å². The maximum Gasteiger partial charge on any atom is 0.416 e. The van der Waals surface area contributed by atoms with Crippen molar-refractivity contribution in [2.24, 2.45) is 0 Å². The number of carbonyl (C=O) groups is 2. The van der Waals surface area contributed by atoms with Crippen LogP contribution < -0.4 is 5.32 Å². The number of benzene rings is 1. The molecule has 26 heavy (non-hydrogen) atoms. The van der Waals surface area contributed by atoms with Gasteiger partial charge in [0.1, 0.15) is 0 Å². The zero-order valence-corrected chi connectivity index (χ0v) is 13.5. The molecule has 10 heteroatoms. The topological polar surface area (TPSA) is 97.1 Å². The zero-order chi connectivity index (χ0) is 18.9. The highest BCUT2D eigenvalue weighted by molar-refractivity contribution is 5.93. The predicted octanol–water partition coefficient (Wildman–Crippen LogP) is 2.41. The molecule has 1 amide bonds. The second-order valence-electron chi connectivity index (χ2n) is 6.25. The Kier molecular flexibility index (Phi) is 4.43. The van der Waals surface area contributed by atoms with E-state index in [0.29, 0.717) is 12.8 Å². The summed E-state index contributed by atoms with van der Waals surface area (Å²) in [6.45, 7) is 0. The number of aromatic nitrogens is 3. The van der Waals surface area contributed by atoms with E-state index >= 15 is 0 Å². The van der Waals surface area contributed by atoms with E-state index in [0.717, 1.165) is 23.2 Å². The molecule has 2 aromatic rings. The van der Waals surface area contributed by atoms with Crippen molar-refractivity contribution in [3.63, 3.8) is 0 Å². The molecule has 1 aromatic heterocycles. The van der Waals surface area contributed by atoms with Crippen LogP contribution in [0.4, 0.5) is 13.2 Å². The van der Waals surface area contributed by atoms with Gasteiger partial charge in [0.15, 0.2) is 5.69 Å². The molecule has 1 aromatic carbocycles. The smallest absolute Gasteiger partial charge is 0.416 e. The Balaban J connectivity index is 1.78. The highest BCUT2D eigenvalue weighted by atomic mass is 19.4. The molecule has 0 unspecified atom stereocenters. The number of rotatable bonds is 5. The van der Waals surface area contributed by atoms with Gasteiger partial charge in [-0.05, 0) is 37.5 Å². The monoisotopic (exact) mass is 368 g/mol. The second-order valence-corrected chi connectivity index (χ2v) is 6.25. The molecule has 3 rings (SSSR count).